The minimum Gasteiger partial charge on any atom is -0.511 e. The van der Waals surface area contributed by atoms with Crippen LogP contribution in [0.4, 0.5) is 0 Å². The van der Waals surface area contributed by atoms with Crippen LogP contribution < -0.4 is 10.6 Å². The van der Waals surface area contributed by atoms with Crippen LogP contribution in [0.2, 0.25) is 0 Å². The van der Waals surface area contributed by atoms with Gasteiger partial charge in [-0.2, -0.15) is 0 Å². The average Bonchev–Trinajstić information content (AvgIpc) is 2.87. The van der Waals surface area contributed by atoms with Crippen LogP contribution in [-0.2, 0) is 0 Å². The molecule has 0 unspecified atom stereocenters. The summed E-state index contributed by atoms with van der Waals surface area (Å²) in [4.78, 5) is 24.1. The Kier molecular flexibility index (Phi) is 10.5. The summed E-state index contributed by atoms with van der Waals surface area (Å²) in [7, 11) is 0. The van der Waals surface area contributed by atoms with E-state index in [9.17, 15) is 30.0 Å². The van der Waals surface area contributed by atoms with E-state index in [-0.39, 0.29) is 11.8 Å². The van der Waals surface area contributed by atoms with Crippen LogP contribution in [0.5, 0.6) is 0 Å². The van der Waals surface area contributed by atoms with Crippen molar-refractivity contribution in [3.05, 3.63) is 82.3 Å². The van der Waals surface area contributed by atoms with Crippen molar-refractivity contribution < 1.29 is 30.0 Å². The van der Waals surface area contributed by atoms with E-state index in [4.69, 9.17) is 0 Å². The molecule has 0 aliphatic heterocycles. The third-order valence-corrected chi connectivity index (χ3v) is 5.54. The molecule has 8 nitrogen and oxygen atoms in total. The Morgan fingerprint density at radius 1 is 0.714 bits per heavy atom. The maximum Gasteiger partial charge on any atom is 0.251 e. The zero-order valence-electron chi connectivity index (χ0n) is 20.1. The standard InChI is InChI=1S/C27H34N2O6/c1-3-13-28-25(34)21-9-5-19(6-10-21)15-23(32)27(17-30,18-31)24(33)16-20-7-11-22(12-8-20)26(35)29-14-4-2/h5-12,15-16,30-33H,3-4,13-14,17-18H2,1-2H3,(H,28,34)(H,29,35). The lowest BCUT2D eigenvalue weighted by Gasteiger charge is -2.28. The van der Waals surface area contributed by atoms with Gasteiger partial charge in [0.25, 0.3) is 11.8 Å². The molecule has 35 heavy (non-hydrogen) atoms. The van der Waals surface area contributed by atoms with E-state index in [0.717, 1.165) is 12.8 Å². The van der Waals surface area contributed by atoms with Gasteiger partial charge in [0.05, 0.1) is 13.2 Å². The third-order valence-electron chi connectivity index (χ3n) is 5.54. The smallest absolute Gasteiger partial charge is 0.251 e. The largest absolute Gasteiger partial charge is 0.511 e. The zero-order chi connectivity index (χ0) is 25.8. The molecule has 0 saturated carbocycles. The molecule has 0 bridgehead atoms. The maximum absolute atomic E-state index is 12.1. The van der Waals surface area contributed by atoms with Crippen molar-refractivity contribution >= 4 is 24.0 Å². The zero-order valence-corrected chi connectivity index (χ0v) is 20.1. The SMILES string of the molecule is CCCNC(=O)c1ccc(C=C(O)C(CO)(CO)C(O)=Cc2ccc(C(=O)NCCC)cc2)cc1. The molecular weight excluding hydrogens is 448 g/mol. The number of amides is 2. The quantitative estimate of drug-likeness (QED) is 0.256. The molecule has 0 saturated heterocycles. The molecule has 0 aromatic heterocycles. The average molecular weight is 483 g/mol. The van der Waals surface area contributed by atoms with E-state index in [2.05, 4.69) is 10.6 Å². The fourth-order valence-electron chi connectivity index (χ4n) is 3.24. The maximum atomic E-state index is 12.1. The number of nitrogens with one attached hydrogen (secondary N) is 2. The van der Waals surface area contributed by atoms with Crippen LogP contribution in [0.25, 0.3) is 12.2 Å². The highest BCUT2D eigenvalue weighted by molar-refractivity contribution is 5.94. The van der Waals surface area contributed by atoms with Crippen molar-refractivity contribution in [3.63, 3.8) is 0 Å². The molecule has 2 aromatic carbocycles. The predicted molar refractivity (Wildman–Crippen MR) is 136 cm³/mol. The Balaban J connectivity index is 2.26. The summed E-state index contributed by atoms with van der Waals surface area (Å²) in [5.74, 6) is -1.31. The molecule has 0 fully saturated rings. The fraction of sp³-hybridized carbons (Fsp3) is 0.333. The number of aliphatic hydroxyl groups excluding tert-OH is 4. The van der Waals surface area contributed by atoms with Gasteiger partial charge in [0.15, 0.2) is 0 Å². The van der Waals surface area contributed by atoms with Crippen molar-refractivity contribution in [1.82, 2.24) is 10.6 Å². The summed E-state index contributed by atoms with van der Waals surface area (Å²) >= 11 is 0. The highest BCUT2D eigenvalue weighted by atomic mass is 16.3. The minimum atomic E-state index is -1.84. The van der Waals surface area contributed by atoms with Crippen molar-refractivity contribution in [2.75, 3.05) is 26.3 Å². The normalized spacial score (nSPS) is 12.3. The second-order valence-electron chi connectivity index (χ2n) is 8.21. The van der Waals surface area contributed by atoms with Gasteiger partial charge in [0, 0.05) is 24.2 Å². The van der Waals surface area contributed by atoms with E-state index in [1.54, 1.807) is 48.5 Å². The first-order chi connectivity index (χ1) is 16.8. The second-order valence-corrected chi connectivity index (χ2v) is 8.21. The van der Waals surface area contributed by atoms with Crippen LogP contribution >= 0.6 is 0 Å². The molecule has 0 radical (unpaired) electrons. The summed E-state index contributed by atoms with van der Waals surface area (Å²) in [5.41, 5.74) is 0.0986. The van der Waals surface area contributed by atoms with Crippen molar-refractivity contribution in [1.29, 1.82) is 0 Å². The Morgan fingerprint density at radius 3 is 1.34 bits per heavy atom. The van der Waals surface area contributed by atoms with Crippen LogP contribution in [-0.4, -0.2) is 58.5 Å². The number of carbonyl (C=O) groups excluding carboxylic acids is 2. The summed E-state index contributed by atoms with van der Waals surface area (Å²) in [6, 6.07) is 12.8. The number of hydrogen-bond acceptors (Lipinski definition) is 6. The molecular formula is C27H34N2O6. The molecule has 0 aliphatic rings. The van der Waals surface area contributed by atoms with E-state index in [0.29, 0.717) is 35.3 Å². The van der Waals surface area contributed by atoms with E-state index >= 15 is 0 Å². The van der Waals surface area contributed by atoms with Gasteiger partial charge in [-0.05, 0) is 60.4 Å². The molecule has 188 valence electrons. The van der Waals surface area contributed by atoms with Crippen LogP contribution in [0.3, 0.4) is 0 Å². The Labute approximate surface area is 205 Å². The predicted octanol–water partition coefficient (Wildman–Crippen LogP) is 3.44. The first kappa shape index (κ1) is 27.6. The molecule has 0 heterocycles. The number of aliphatic hydroxyl groups is 4. The topological polar surface area (TPSA) is 139 Å². The van der Waals surface area contributed by atoms with Crippen LogP contribution in [0.15, 0.2) is 60.0 Å². The van der Waals surface area contributed by atoms with E-state index in [1.165, 1.54) is 12.2 Å². The molecule has 0 atom stereocenters. The van der Waals surface area contributed by atoms with Crippen molar-refractivity contribution in [2.45, 2.75) is 26.7 Å². The number of carbonyl (C=O) groups is 2. The Hall–Kier alpha value is -3.62. The Morgan fingerprint density at radius 2 is 1.06 bits per heavy atom. The highest BCUT2D eigenvalue weighted by Crippen LogP contribution is 2.34. The van der Waals surface area contributed by atoms with E-state index in [1.807, 2.05) is 13.8 Å². The molecule has 2 aromatic rings. The van der Waals surface area contributed by atoms with Gasteiger partial charge in [-0.1, -0.05) is 38.1 Å². The molecule has 0 aliphatic carbocycles. The summed E-state index contributed by atoms with van der Waals surface area (Å²) < 4.78 is 0. The van der Waals surface area contributed by atoms with Gasteiger partial charge in [-0.25, -0.2) is 0 Å². The van der Waals surface area contributed by atoms with Crippen molar-refractivity contribution in [2.24, 2.45) is 5.41 Å². The lowest BCUT2D eigenvalue weighted by Crippen LogP contribution is -2.34. The fourth-order valence-corrected chi connectivity index (χ4v) is 3.24. The van der Waals surface area contributed by atoms with Gasteiger partial charge >= 0.3 is 0 Å². The first-order valence-electron chi connectivity index (χ1n) is 11.6. The Bertz CT molecular complexity index is 957. The second kappa shape index (κ2) is 13.3. The van der Waals surface area contributed by atoms with Crippen LogP contribution in [0, 0.1) is 5.41 Å². The number of hydrogen-bond donors (Lipinski definition) is 6. The van der Waals surface area contributed by atoms with Gasteiger partial charge in [-0.3, -0.25) is 9.59 Å². The minimum absolute atomic E-state index is 0.207. The van der Waals surface area contributed by atoms with Crippen LogP contribution in [0.1, 0.15) is 58.5 Å². The molecule has 2 rings (SSSR count). The molecule has 0 spiro atoms. The third kappa shape index (κ3) is 7.18. The number of benzene rings is 2. The molecule has 2 amide bonds. The number of rotatable bonds is 12. The highest BCUT2D eigenvalue weighted by Gasteiger charge is 2.38. The summed E-state index contributed by atoms with van der Waals surface area (Å²) in [5, 5.41) is 47.1. The summed E-state index contributed by atoms with van der Waals surface area (Å²) in [6.45, 7) is 3.52. The first-order valence-corrected chi connectivity index (χ1v) is 11.6. The van der Waals surface area contributed by atoms with Gasteiger partial charge in [-0.15, -0.1) is 0 Å². The van der Waals surface area contributed by atoms with E-state index < -0.39 is 30.1 Å². The monoisotopic (exact) mass is 482 g/mol. The summed E-state index contributed by atoms with van der Waals surface area (Å²) in [6.07, 6.45) is 4.26. The van der Waals surface area contributed by atoms with Gasteiger partial charge < -0.3 is 31.1 Å². The van der Waals surface area contributed by atoms with Gasteiger partial charge in [0.1, 0.15) is 16.9 Å². The molecule has 8 heteroatoms. The molecule has 6 N–H and O–H groups in total. The lowest BCUT2D eigenvalue weighted by molar-refractivity contribution is 0.0487. The lowest BCUT2D eigenvalue weighted by atomic mass is 9.83. The van der Waals surface area contributed by atoms with Crippen molar-refractivity contribution in [3.8, 4) is 0 Å². The van der Waals surface area contributed by atoms with Gasteiger partial charge in [0.2, 0.25) is 0 Å².